The summed E-state index contributed by atoms with van der Waals surface area (Å²) in [5.41, 5.74) is 0.138. The third kappa shape index (κ3) is 4.15. The average molecular weight is 312 g/mol. The van der Waals surface area contributed by atoms with Crippen molar-refractivity contribution < 1.29 is 9.72 Å². The van der Waals surface area contributed by atoms with Gasteiger partial charge in [-0.25, -0.2) is 0 Å². The zero-order chi connectivity index (χ0) is 15.4. The van der Waals surface area contributed by atoms with E-state index in [1.54, 1.807) is 0 Å². The van der Waals surface area contributed by atoms with Crippen LogP contribution in [-0.2, 0) is 0 Å². The van der Waals surface area contributed by atoms with Gasteiger partial charge < -0.3 is 5.32 Å². The van der Waals surface area contributed by atoms with Crippen molar-refractivity contribution >= 4 is 23.2 Å². The van der Waals surface area contributed by atoms with Crippen LogP contribution in [-0.4, -0.2) is 41.4 Å². The molecule has 1 N–H and O–H groups in total. The first kappa shape index (κ1) is 15.7. The maximum atomic E-state index is 12.0. The second kappa shape index (κ2) is 6.87. The summed E-state index contributed by atoms with van der Waals surface area (Å²) in [4.78, 5) is 24.4. The molecule has 2 rings (SSSR count). The van der Waals surface area contributed by atoms with Gasteiger partial charge in [0.1, 0.15) is 5.02 Å². The number of rotatable bonds is 7. The molecule has 1 saturated carbocycles. The Bertz CT molecular complexity index is 546. The van der Waals surface area contributed by atoms with E-state index in [4.69, 9.17) is 11.6 Å². The van der Waals surface area contributed by atoms with Gasteiger partial charge in [-0.2, -0.15) is 0 Å². The van der Waals surface area contributed by atoms with Gasteiger partial charge in [-0.1, -0.05) is 18.5 Å². The van der Waals surface area contributed by atoms with Crippen molar-refractivity contribution in [2.45, 2.75) is 25.8 Å². The van der Waals surface area contributed by atoms with Crippen molar-refractivity contribution in [3.8, 4) is 0 Å². The predicted octanol–water partition coefficient (Wildman–Crippen LogP) is 2.46. The molecule has 1 fully saturated rings. The summed E-state index contributed by atoms with van der Waals surface area (Å²) >= 11 is 5.80. The minimum absolute atomic E-state index is 0.0270. The first-order valence-corrected chi connectivity index (χ1v) is 7.37. The number of halogens is 1. The Morgan fingerprint density at radius 2 is 2.24 bits per heavy atom. The van der Waals surface area contributed by atoms with Crippen molar-refractivity contribution in [3.63, 3.8) is 0 Å². The number of hydrogen-bond donors (Lipinski definition) is 1. The molecule has 114 valence electrons. The number of carbonyl (C=O) groups excluding carboxylic acids is 1. The smallest absolute Gasteiger partial charge is 0.287 e. The molecule has 0 radical (unpaired) electrons. The van der Waals surface area contributed by atoms with E-state index < -0.39 is 4.92 Å². The van der Waals surface area contributed by atoms with Crippen LogP contribution in [0.2, 0.25) is 5.02 Å². The van der Waals surface area contributed by atoms with Crippen LogP contribution in [0.1, 0.15) is 30.1 Å². The number of nitro groups is 1. The lowest BCUT2D eigenvalue weighted by molar-refractivity contribution is -0.384. The summed E-state index contributed by atoms with van der Waals surface area (Å²) < 4.78 is 0. The molecule has 0 heterocycles. The normalized spacial score (nSPS) is 14.2. The van der Waals surface area contributed by atoms with E-state index in [0.717, 1.165) is 13.1 Å². The lowest BCUT2D eigenvalue weighted by Gasteiger charge is -2.19. The van der Waals surface area contributed by atoms with Gasteiger partial charge in [-0.05, 0) is 31.5 Å². The van der Waals surface area contributed by atoms with Gasteiger partial charge in [0.05, 0.1) is 4.92 Å². The standard InChI is InChI=1S/C14H18ClN3O3/c1-2-17(11-4-5-11)8-7-16-14(19)10-3-6-13(18(20)21)12(15)9-10/h3,6,9,11H,2,4-5,7-8H2,1H3,(H,16,19). The van der Waals surface area contributed by atoms with Crippen molar-refractivity contribution in [1.82, 2.24) is 10.2 Å². The average Bonchev–Trinajstić information content (AvgIpc) is 3.27. The molecule has 1 amide bonds. The quantitative estimate of drug-likeness (QED) is 0.620. The maximum Gasteiger partial charge on any atom is 0.287 e. The highest BCUT2D eigenvalue weighted by molar-refractivity contribution is 6.33. The molecule has 0 saturated heterocycles. The van der Waals surface area contributed by atoms with E-state index in [1.165, 1.54) is 31.0 Å². The number of nitro benzene ring substituents is 1. The maximum absolute atomic E-state index is 12.0. The van der Waals surface area contributed by atoms with E-state index in [9.17, 15) is 14.9 Å². The van der Waals surface area contributed by atoms with Gasteiger partial charge in [-0.3, -0.25) is 19.8 Å². The Hall–Kier alpha value is -1.66. The van der Waals surface area contributed by atoms with Gasteiger partial charge in [0, 0.05) is 30.8 Å². The number of nitrogens with zero attached hydrogens (tertiary/aromatic N) is 2. The zero-order valence-corrected chi connectivity index (χ0v) is 12.6. The van der Waals surface area contributed by atoms with Gasteiger partial charge >= 0.3 is 0 Å². The van der Waals surface area contributed by atoms with Crippen molar-refractivity contribution in [2.75, 3.05) is 19.6 Å². The topological polar surface area (TPSA) is 75.5 Å². The Morgan fingerprint density at radius 1 is 1.52 bits per heavy atom. The fourth-order valence-electron chi connectivity index (χ4n) is 2.25. The molecule has 1 aliphatic rings. The number of nitrogens with one attached hydrogen (secondary N) is 1. The Kier molecular flexibility index (Phi) is 5.14. The van der Waals surface area contributed by atoms with Gasteiger partial charge in [0.25, 0.3) is 11.6 Å². The lowest BCUT2D eigenvalue weighted by atomic mass is 10.2. The highest BCUT2D eigenvalue weighted by Gasteiger charge is 2.27. The third-order valence-electron chi connectivity index (χ3n) is 3.56. The molecule has 1 aliphatic carbocycles. The third-order valence-corrected chi connectivity index (χ3v) is 3.86. The van der Waals surface area contributed by atoms with E-state index in [1.807, 2.05) is 0 Å². The molecule has 7 heteroatoms. The second-order valence-electron chi connectivity index (χ2n) is 5.04. The summed E-state index contributed by atoms with van der Waals surface area (Å²) in [6, 6.07) is 4.66. The molecular weight excluding hydrogens is 294 g/mol. The number of amides is 1. The van der Waals surface area contributed by atoms with Crippen molar-refractivity contribution in [1.29, 1.82) is 0 Å². The molecule has 0 unspecified atom stereocenters. The van der Waals surface area contributed by atoms with E-state index in [2.05, 4.69) is 17.1 Å². The molecule has 0 atom stereocenters. The zero-order valence-electron chi connectivity index (χ0n) is 11.8. The summed E-state index contributed by atoms with van der Waals surface area (Å²) in [7, 11) is 0. The lowest BCUT2D eigenvalue weighted by Crippen LogP contribution is -2.36. The number of likely N-dealkylation sites (N-methyl/N-ethyl adjacent to an activating group) is 1. The first-order chi connectivity index (χ1) is 10.0. The Labute approximate surface area is 128 Å². The van der Waals surface area contributed by atoms with Gasteiger partial charge in [-0.15, -0.1) is 0 Å². The molecule has 6 nitrogen and oxygen atoms in total. The van der Waals surface area contributed by atoms with Crippen LogP contribution in [0.15, 0.2) is 18.2 Å². The summed E-state index contributed by atoms with van der Waals surface area (Å²) in [6.07, 6.45) is 2.47. The van der Waals surface area contributed by atoms with E-state index >= 15 is 0 Å². The molecular formula is C14H18ClN3O3. The Morgan fingerprint density at radius 3 is 2.76 bits per heavy atom. The SMILES string of the molecule is CCN(CCNC(=O)c1ccc([N+](=O)[O-])c(Cl)c1)C1CC1. The van der Waals surface area contributed by atoms with E-state index in [-0.39, 0.29) is 16.6 Å². The van der Waals surface area contributed by atoms with Crippen molar-refractivity contribution in [2.24, 2.45) is 0 Å². The number of hydrogen-bond acceptors (Lipinski definition) is 4. The summed E-state index contributed by atoms with van der Waals surface area (Å²) in [5.74, 6) is -0.265. The molecule has 1 aromatic rings. The Balaban J connectivity index is 1.88. The van der Waals surface area contributed by atoms with Crippen LogP contribution in [0, 0.1) is 10.1 Å². The molecule has 0 aliphatic heterocycles. The fraction of sp³-hybridized carbons (Fsp3) is 0.500. The highest BCUT2D eigenvalue weighted by atomic mass is 35.5. The number of benzene rings is 1. The van der Waals surface area contributed by atoms with E-state index in [0.29, 0.717) is 18.2 Å². The summed E-state index contributed by atoms with van der Waals surface area (Å²) in [5, 5.41) is 13.5. The van der Waals surface area contributed by atoms with Crippen LogP contribution in [0.5, 0.6) is 0 Å². The van der Waals surface area contributed by atoms with Gasteiger partial charge in [0.2, 0.25) is 0 Å². The molecule has 0 bridgehead atoms. The summed E-state index contributed by atoms with van der Waals surface area (Å²) in [6.45, 7) is 4.45. The predicted molar refractivity (Wildman–Crippen MR) is 80.7 cm³/mol. The van der Waals surface area contributed by atoms with Crippen molar-refractivity contribution in [3.05, 3.63) is 38.9 Å². The van der Waals surface area contributed by atoms with Gasteiger partial charge in [0.15, 0.2) is 0 Å². The largest absolute Gasteiger partial charge is 0.351 e. The van der Waals surface area contributed by atoms with Crippen LogP contribution >= 0.6 is 11.6 Å². The fourth-order valence-corrected chi connectivity index (χ4v) is 2.50. The minimum Gasteiger partial charge on any atom is -0.351 e. The molecule has 0 aromatic heterocycles. The monoisotopic (exact) mass is 311 g/mol. The molecule has 21 heavy (non-hydrogen) atoms. The second-order valence-corrected chi connectivity index (χ2v) is 5.45. The molecule has 1 aromatic carbocycles. The van der Waals surface area contributed by atoms with Crippen LogP contribution in [0.4, 0.5) is 5.69 Å². The number of carbonyl (C=O) groups is 1. The minimum atomic E-state index is -0.571. The molecule has 0 spiro atoms. The van der Waals surface area contributed by atoms with Crippen LogP contribution in [0.3, 0.4) is 0 Å². The van der Waals surface area contributed by atoms with Crippen LogP contribution in [0.25, 0.3) is 0 Å². The first-order valence-electron chi connectivity index (χ1n) is 6.99. The highest BCUT2D eigenvalue weighted by Crippen LogP contribution is 2.26. The van der Waals surface area contributed by atoms with Crippen LogP contribution < -0.4 is 5.32 Å².